The van der Waals surface area contributed by atoms with Gasteiger partial charge in [-0.2, -0.15) is 0 Å². The third-order valence-corrected chi connectivity index (χ3v) is 1.94. The van der Waals surface area contributed by atoms with E-state index in [4.69, 9.17) is 4.74 Å². The van der Waals surface area contributed by atoms with Crippen molar-refractivity contribution in [1.29, 1.82) is 0 Å². The van der Waals surface area contributed by atoms with Crippen LogP contribution in [0.4, 0.5) is 0 Å². The van der Waals surface area contributed by atoms with Crippen LogP contribution in [-0.2, 0) is 14.3 Å². The van der Waals surface area contributed by atoms with Gasteiger partial charge in [0.15, 0.2) is 0 Å². The van der Waals surface area contributed by atoms with Crippen LogP contribution in [0.15, 0.2) is 30.3 Å². The first-order valence-electron chi connectivity index (χ1n) is 4.62. The maximum Gasteiger partial charge on any atom is 0.378 e. The van der Waals surface area contributed by atoms with Crippen LogP contribution in [0.5, 0.6) is 5.75 Å². The standard InChI is InChI=1S/C12H12O4/c1-15-11-6-4-3-5-9(11)7-8-10(13)12(14)16-2/h3-8H,1-2H3/b8-7+. The molecular formula is C12H12O4. The van der Waals surface area contributed by atoms with Gasteiger partial charge in [0.1, 0.15) is 5.75 Å². The lowest BCUT2D eigenvalue weighted by molar-refractivity contribution is -0.149. The number of ether oxygens (including phenoxy) is 2. The molecule has 0 aliphatic heterocycles. The minimum absolute atomic E-state index is 0.636. The molecule has 0 fully saturated rings. The van der Waals surface area contributed by atoms with Gasteiger partial charge >= 0.3 is 5.97 Å². The van der Waals surface area contributed by atoms with Crippen LogP contribution in [-0.4, -0.2) is 26.0 Å². The Morgan fingerprint density at radius 1 is 1.19 bits per heavy atom. The first kappa shape index (κ1) is 12.0. The Labute approximate surface area is 93.5 Å². The minimum atomic E-state index is -0.883. The van der Waals surface area contributed by atoms with E-state index in [9.17, 15) is 9.59 Å². The van der Waals surface area contributed by atoms with Crippen molar-refractivity contribution in [1.82, 2.24) is 0 Å². The van der Waals surface area contributed by atoms with Crippen molar-refractivity contribution in [2.45, 2.75) is 0 Å². The molecule has 1 aromatic rings. The third-order valence-electron chi connectivity index (χ3n) is 1.94. The third kappa shape index (κ3) is 2.95. The lowest BCUT2D eigenvalue weighted by Crippen LogP contribution is -2.12. The molecule has 0 spiro atoms. The number of ketones is 1. The number of para-hydroxylation sites is 1. The van der Waals surface area contributed by atoms with Crippen LogP contribution in [0, 0.1) is 0 Å². The fraction of sp³-hybridized carbons (Fsp3) is 0.167. The van der Waals surface area contributed by atoms with Crippen molar-refractivity contribution >= 4 is 17.8 Å². The summed E-state index contributed by atoms with van der Waals surface area (Å²) in [7, 11) is 2.70. The second-order valence-electron chi connectivity index (χ2n) is 2.93. The van der Waals surface area contributed by atoms with Crippen LogP contribution in [0.2, 0.25) is 0 Å². The molecule has 1 rings (SSSR count). The summed E-state index contributed by atoms with van der Waals surface area (Å²) in [6.45, 7) is 0. The first-order valence-corrected chi connectivity index (χ1v) is 4.62. The Kier molecular flexibility index (Phi) is 4.27. The molecule has 0 aromatic heterocycles. The van der Waals surface area contributed by atoms with Crippen molar-refractivity contribution in [3.05, 3.63) is 35.9 Å². The normalized spacial score (nSPS) is 10.1. The van der Waals surface area contributed by atoms with Crippen LogP contribution < -0.4 is 4.74 Å². The van der Waals surface area contributed by atoms with Crippen molar-refractivity contribution < 1.29 is 19.1 Å². The quantitative estimate of drug-likeness (QED) is 0.438. The summed E-state index contributed by atoms with van der Waals surface area (Å²) >= 11 is 0. The molecule has 0 unspecified atom stereocenters. The summed E-state index contributed by atoms with van der Waals surface area (Å²) in [5.74, 6) is -0.948. The Balaban J connectivity index is 2.84. The lowest BCUT2D eigenvalue weighted by Gasteiger charge is -2.02. The van der Waals surface area contributed by atoms with E-state index in [1.165, 1.54) is 13.2 Å². The molecule has 84 valence electrons. The highest BCUT2D eigenvalue weighted by Gasteiger charge is 2.09. The summed E-state index contributed by atoms with van der Waals surface area (Å²) < 4.78 is 9.37. The number of rotatable bonds is 4. The predicted octanol–water partition coefficient (Wildman–Crippen LogP) is 1.45. The van der Waals surface area contributed by atoms with Gasteiger partial charge in [0, 0.05) is 5.56 Å². The zero-order chi connectivity index (χ0) is 12.0. The van der Waals surface area contributed by atoms with E-state index >= 15 is 0 Å². The molecular weight excluding hydrogens is 208 g/mol. The summed E-state index contributed by atoms with van der Waals surface area (Å²) in [6.07, 6.45) is 2.67. The molecule has 0 radical (unpaired) electrons. The van der Waals surface area contributed by atoms with Gasteiger partial charge in [-0.15, -0.1) is 0 Å². The fourth-order valence-corrected chi connectivity index (χ4v) is 1.14. The average molecular weight is 220 g/mol. The topological polar surface area (TPSA) is 52.6 Å². The molecule has 1 aromatic carbocycles. The van der Waals surface area contributed by atoms with Gasteiger partial charge in [0.2, 0.25) is 0 Å². The van der Waals surface area contributed by atoms with Crippen LogP contribution in [0.1, 0.15) is 5.56 Å². The summed E-state index contributed by atoms with van der Waals surface area (Å²) in [4.78, 5) is 22.0. The number of benzene rings is 1. The molecule has 0 N–H and O–H groups in total. The first-order chi connectivity index (χ1) is 7.69. The maximum absolute atomic E-state index is 11.1. The number of carbonyl (C=O) groups excluding carboxylic acids is 2. The molecule has 4 nitrogen and oxygen atoms in total. The van der Waals surface area contributed by atoms with Gasteiger partial charge in [-0.1, -0.05) is 18.2 Å². The molecule has 0 atom stereocenters. The zero-order valence-electron chi connectivity index (χ0n) is 9.10. The monoisotopic (exact) mass is 220 g/mol. The van der Waals surface area contributed by atoms with Gasteiger partial charge in [-0.25, -0.2) is 4.79 Å². The molecule has 0 aliphatic carbocycles. The number of esters is 1. The Morgan fingerprint density at radius 3 is 2.50 bits per heavy atom. The van der Waals surface area contributed by atoms with Crippen LogP contribution in [0.25, 0.3) is 6.08 Å². The molecule has 0 aliphatic rings. The Morgan fingerprint density at radius 2 is 1.88 bits per heavy atom. The molecule has 16 heavy (non-hydrogen) atoms. The SMILES string of the molecule is COC(=O)C(=O)/C=C/c1ccccc1OC. The molecule has 0 saturated heterocycles. The van der Waals surface area contributed by atoms with Gasteiger partial charge in [-0.05, 0) is 18.2 Å². The van der Waals surface area contributed by atoms with E-state index < -0.39 is 11.8 Å². The highest BCUT2D eigenvalue weighted by molar-refractivity contribution is 6.39. The van der Waals surface area contributed by atoms with Gasteiger partial charge in [0.25, 0.3) is 5.78 Å². The van der Waals surface area contributed by atoms with Gasteiger partial charge in [0.05, 0.1) is 14.2 Å². The smallest absolute Gasteiger partial charge is 0.378 e. The number of methoxy groups -OCH3 is 2. The molecule has 0 heterocycles. The second kappa shape index (κ2) is 5.70. The summed E-state index contributed by atoms with van der Waals surface area (Å²) in [5.41, 5.74) is 0.724. The lowest BCUT2D eigenvalue weighted by atomic mass is 10.1. The summed E-state index contributed by atoms with van der Waals surface area (Å²) in [5, 5.41) is 0. The zero-order valence-corrected chi connectivity index (χ0v) is 9.10. The second-order valence-corrected chi connectivity index (χ2v) is 2.93. The molecule has 0 amide bonds. The van der Waals surface area contributed by atoms with Crippen molar-refractivity contribution in [3.8, 4) is 5.75 Å². The summed E-state index contributed by atoms with van der Waals surface area (Å²) in [6, 6.07) is 7.17. The van der Waals surface area contributed by atoms with E-state index in [1.807, 2.05) is 12.1 Å². The van der Waals surface area contributed by atoms with E-state index in [0.717, 1.165) is 18.7 Å². The highest BCUT2D eigenvalue weighted by atomic mass is 16.5. The van der Waals surface area contributed by atoms with Gasteiger partial charge < -0.3 is 9.47 Å². The van der Waals surface area contributed by atoms with Gasteiger partial charge in [-0.3, -0.25) is 4.79 Å². The molecule has 4 heteroatoms. The van der Waals surface area contributed by atoms with Crippen molar-refractivity contribution in [2.24, 2.45) is 0 Å². The van der Waals surface area contributed by atoms with Crippen LogP contribution in [0.3, 0.4) is 0 Å². The Bertz CT molecular complexity index is 421. The number of hydrogen-bond donors (Lipinski definition) is 0. The predicted molar refractivity (Wildman–Crippen MR) is 59.1 cm³/mol. The molecule has 0 bridgehead atoms. The minimum Gasteiger partial charge on any atom is -0.496 e. The van der Waals surface area contributed by atoms with E-state index in [1.54, 1.807) is 12.1 Å². The van der Waals surface area contributed by atoms with E-state index in [2.05, 4.69) is 4.74 Å². The van der Waals surface area contributed by atoms with E-state index in [-0.39, 0.29) is 0 Å². The average Bonchev–Trinajstić information content (AvgIpc) is 2.35. The Hall–Kier alpha value is -2.10. The number of hydrogen-bond acceptors (Lipinski definition) is 4. The van der Waals surface area contributed by atoms with E-state index in [0.29, 0.717) is 5.75 Å². The highest BCUT2D eigenvalue weighted by Crippen LogP contribution is 2.18. The van der Waals surface area contributed by atoms with Crippen molar-refractivity contribution in [2.75, 3.05) is 14.2 Å². The van der Waals surface area contributed by atoms with Crippen molar-refractivity contribution in [3.63, 3.8) is 0 Å². The maximum atomic E-state index is 11.1. The largest absolute Gasteiger partial charge is 0.496 e. The fourth-order valence-electron chi connectivity index (χ4n) is 1.14. The molecule has 0 saturated carbocycles. The number of carbonyl (C=O) groups is 2. The van der Waals surface area contributed by atoms with Crippen LogP contribution >= 0.6 is 0 Å².